The quantitative estimate of drug-likeness (QED) is 0.443. The van der Waals surface area contributed by atoms with Crippen molar-refractivity contribution in [3.05, 3.63) is 35.3 Å². The minimum absolute atomic E-state index is 0.0798. The fraction of sp³-hybridized carbons (Fsp3) is 0.522. The molecule has 0 saturated carbocycles. The number of nitrogens with two attached hydrogens (primary N) is 2. The molecule has 180 valence electrons. The highest BCUT2D eigenvalue weighted by Gasteiger charge is 2.32. The Hall–Kier alpha value is -3.47. The minimum atomic E-state index is -0.120. The van der Waals surface area contributed by atoms with Crippen molar-refractivity contribution in [3.63, 3.8) is 0 Å². The van der Waals surface area contributed by atoms with Crippen LogP contribution in [0.1, 0.15) is 60.4 Å². The van der Waals surface area contributed by atoms with E-state index in [-0.39, 0.29) is 18.0 Å². The van der Waals surface area contributed by atoms with Gasteiger partial charge in [-0.05, 0) is 39.5 Å². The Bertz CT molecular complexity index is 1250. The monoisotopic (exact) mass is 464 g/mol. The lowest BCUT2D eigenvalue weighted by molar-refractivity contribution is 0.0594. The molecule has 2 fully saturated rings. The van der Waals surface area contributed by atoms with E-state index >= 15 is 0 Å². The highest BCUT2D eigenvalue weighted by atomic mass is 16.2. The van der Waals surface area contributed by atoms with Gasteiger partial charge >= 0.3 is 0 Å². The number of nitrogens with zero attached hydrogens (tertiary/aromatic N) is 8. The van der Waals surface area contributed by atoms with E-state index in [4.69, 9.17) is 21.5 Å². The fourth-order valence-electron chi connectivity index (χ4n) is 5.00. The Kier molecular flexibility index (Phi) is 5.72. The van der Waals surface area contributed by atoms with Crippen molar-refractivity contribution in [2.45, 2.75) is 51.6 Å². The Morgan fingerprint density at radius 2 is 2.00 bits per heavy atom. The van der Waals surface area contributed by atoms with Gasteiger partial charge in [-0.2, -0.15) is 10.2 Å². The van der Waals surface area contributed by atoms with Crippen LogP contribution in [0.2, 0.25) is 0 Å². The molecule has 2 saturated heterocycles. The van der Waals surface area contributed by atoms with Crippen LogP contribution in [-0.2, 0) is 7.05 Å². The maximum absolute atomic E-state index is 13.5. The second kappa shape index (κ2) is 8.71. The highest BCUT2D eigenvalue weighted by molar-refractivity contribution is 5.94. The molecule has 11 nitrogen and oxygen atoms in total. The molecule has 5 rings (SSSR count). The Morgan fingerprint density at radius 1 is 1.18 bits per heavy atom. The van der Waals surface area contributed by atoms with Gasteiger partial charge in [0.1, 0.15) is 11.5 Å². The van der Waals surface area contributed by atoms with Crippen LogP contribution in [0.25, 0.3) is 5.65 Å². The standard InChI is InChI=1S/C23H32N10O/c1-14-12-33-21(27-22(14)31-9-7-16(25)13-31)10-17(28-33)18-6-4-5-8-32(18)23(34)19-11-20(26-15(2)24)29-30(19)3/h10-12,16,18H,4-9,13,25H2,1-3H3,(H2,24,26,29)/t16-,18-/m0/s1. The van der Waals surface area contributed by atoms with Crippen molar-refractivity contribution in [2.24, 2.45) is 23.5 Å². The summed E-state index contributed by atoms with van der Waals surface area (Å²) in [7, 11) is 1.75. The molecule has 4 N–H and O–H groups in total. The largest absolute Gasteiger partial charge is 0.387 e. The van der Waals surface area contributed by atoms with Gasteiger partial charge in [0.15, 0.2) is 11.5 Å². The van der Waals surface area contributed by atoms with Gasteiger partial charge in [-0.15, -0.1) is 0 Å². The number of aromatic nitrogens is 5. The first-order chi connectivity index (χ1) is 16.3. The fourth-order valence-corrected chi connectivity index (χ4v) is 5.00. The second-order valence-electron chi connectivity index (χ2n) is 9.39. The molecule has 3 aromatic heterocycles. The number of carbonyl (C=O) groups excluding carboxylic acids is 1. The molecule has 11 heteroatoms. The molecule has 0 radical (unpaired) electrons. The van der Waals surface area contributed by atoms with Gasteiger partial charge in [-0.25, -0.2) is 14.5 Å². The van der Waals surface area contributed by atoms with Gasteiger partial charge in [0.25, 0.3) is 5.91 Å². The zero-order chi connectivity index (χ0) is 24.0. The molecule has 0 spiro atoms. The summed E-state index contributed by atoms with van der Waals surface area (Å²) in [6.07, 6.45) is 5.84. The molecule has 1 amide bonds. The Morgan fingerprint density at radius 3 is 2.74 bits per heavy atom. The van der Waals surface area contributed by atoms with Crippen LogP contribution in [0.15, 0.2) is 23.3 Å². The molecule has 2 atom stereocenters. The first-order valence-corrected chi connectivity index (χ1v) is 11.8. The Balaban J connectivity index is 1.46. The van der Waals surface area contributed by atoms with E-state index in [0.717, 1.165) is 61.5 Å². The topological polar surface area (TPSA) is 136 Å². The Labute approximate surface area is 198 Å². The van der Waals surface area contributed by atoms with Crippen LogP contribution < -0.4 is 16.4 Å². The SMILES string of the molecule is CC(N)=Nc1cc(C(=O)N2CCCC[C@H]2c2cc3nc(N4CC[C@H](N)C4)c(C)cn3n2)n(C)n1. The molecular formula is C23H32N10O. The van der Waals surface area contributed by atoms with Crippen LogP contribution in [0.5, 0.6) is 0 Å². The number of aliphatic imine (C=N–C) groups is 1. The number of amides is 1. The first-order valence-electron chi connectivity index (χ1n) is 11.8. The van der Waals surface area contributed by atoms with Crippen molar-refractivity contribution in [2.75, 3.05) is 24.5 Å². The number of hydrogen-bond acceptors (Lipinski definition) is 7. The molecule has 0 aromatic carbocycles. The van der Waals surface area contributed by atoms with Crippen molar-refractivity contribution in [1.29, 1.82) is 0 Å². The van der Waals surface area contributed by atoms with Gasteiger partial charge in [0.2, 0.25) is 0 Å². The molecule has 2 aliphatic rings. The predicted octanol–water partition coefficient (Wildman–Crippen LogP) is 1.68. The number of hydrogen-bond donors (Lipinski definition) is 2. The summed E-state index contributed by atoms with van der Waals surface area (Å²) < 4.78 is 3.39. The normalized spacial score (nSPS) is 21.6. The summed E-state index contributed by atoms with van der Waals surface area (Å²) in [5, 5.41) is 9.15. The van der Waals surface area contributed by atoms with E-state index < -0.39 is 0 Å². The van der Waals surface area contributed by atoms with Crippen LogP contribution in [0.4, 0.5) is 11.6 Å². The number of anilines is 1. The lowest BCUT2D eigenvalue weighted by atomic mass is 9.99. The van der Waals surface area contributed by atoms with E-state index in [1.807, 2.05) is 21.7 Å². The maximum Gasteiger partial charge on any atom is 0.272 e. The number of likely N-dealkylation sites (tertiary alicyclic amines) is 1. The summed E-state index contributed by atoms with van der Waals surface area (Å²) in [5.74, 6) is 1.71. The van der Waals surface area contributed by atoms with E-state index in [2.05, 4.69) is 21.9 Å². The summed E-state index contributed by atoms with van der Waals surface area (Å²) in [5.41, 5.74) is 15.0. The number of piperidine rings is 1. The summed E-state index contributed by atoms with van der Waals surface area (Å²) in [6.45, 7) is 6.14. The van der Waals surface area contributed by atoms with Crippen molar-refractivity contribution >= 4 is 29.0 Å². The number of rotatable bonds is 4. The van der Waals surface area contributed by atoms with Crippen molar-refractivity contribution in [3.8, 4) is 0 Å². The van der Waals surface area contributed by atoms with Gasteiger partial charge in [0, 0.05) is 56.6 Å². The van der Waals surface area contributed by atoms with Crippen molar-refractivity contribution in [1.82, 2.24) is 29.3 Å². The smallest absolute Gasteiger partial charge is 0.272 e. The number of amidine groups is 1. The van der Waals surface area contributed by atoms with E-state index in [1.54, 1.807) is 24.7 Å². The third-order valence-corrected chi connectivity index (χ3v) is 6.63. The first kappa shape index (κ1) is 22.3. The van der Waals surface area contributed by atoms with Gasteiger partial charge < -0.3 is 21.3 Å². The van der Waals surface area contributed by atoms with Crippen LogP contribution >= 0.6 is 0 Å². The summed E-state index contributed by atoms with van der Waals surface area (Å²) in [4.78, 5) is 26.8. The lowest BCUT2D eigenvalue weighted by Crippen LogP contribution is -2.39. The number of fused-ring (bicyclic) bond motifs is 1. The number of aryl methyl sites for hydroxylation is 2. The third-order valence-electron chi connectivity index (χ3n) is 6.63. The molecular weight excluding hydrogens is 432 g/mol. The van der Waals surface area contributed by atoms with Crippen molar-refractivity contribution < 1.29 is 4.79 Å². The van der Waals surface area contributed by atoms with E-state index in [0.29, 0.717) is 23.9 Å². The van der Waals surface area contributed by atoms with Gasteiger partial charge in [0.05, 0.1) is 17.6 Å². The van der Waals surface area contributed by atoms with Crippen LogP contribution in [0.3, 0.4) is 0 Å². The molecule has 0 aliphatic carbocycles. The van der Waals surface area contributed by atoms with Crippen LogP contribution in [-0.4, -0.2) is 66.7 Å². The van der Waals surface area contributed by atoms with Crippen LogP contribution in [0, 0.1) is 6.92 Å². The molecule has 0 unspecified atom stereocenters. The average Bonchev–Trinajstić information content (AvgIpc) is 3.50. The van der Waals surface area contributed by atoms with Gasteiger partial charge in [-0.1, -0.05) is 0 Å². The second-order valence-corrected chi connectivity index (χ2v) is 9.39. The molecule has 3 aromatic rings. The van der Waals surface area contributed by atoms with E-state index in [1.165, 1.54) is 0 Å². The minimum Gasteiger partial charge on any atom is -0.387 e. The molecule has 34 heavy (non-hydrogen) atoms. The van der Waals surface area contributed by atoms with Gasteiger partial charge in [-0.3, -0.25) is 9.48 Å². The predicted molar refractivity (Wildman–Crippen MR) is 130 cm³/mol. The zero-order valence-corrected chi connectivity index (χ0v) is 20.0. The van der Waals surface area contributed by atoms with E-state index in [9.17, 15) is 4.79 Å². The average molecular weight is 465 g/mol. The molecule has 0 bridgehead atoms. The molecule has 2 aliphatic heterocycles. The highest BCUT2D eigenvalue weighted by Crippen LogP contribution is 2.33. The zero-order valence-electron chi connectivity index (χ0n) is 20.0. The summed E-state index contributed by atoms with van der Waals surface area (Å²) in [6, 6.07) is 3.76. The molecule has 5 heterocycles. The summed E-state index contributed by atoms with van der Waals surface area (Å²) >= 11 is 0. The number of carbonyl (C=O) groups is 1. The lowest BCUT2D eigenvalue weighted by Gasteiger charge is -2.34. The third kappa shape index (κ3) is 4.11. The maximum atomic E-state index is 13.5.